The van der Waals surface area contributed by atoms with Gasteiger partial charge in [0.25, 0.3) is 0 Å². The smallest absolute Gasteiger partial charge is 0.307 e. The van der Waals surface area contributed by atoms with Crippen molar-refractivity contribution in [3.8, 4) is 0 Å². The Hall–Kier alpha value is -1.53. The van der Waals surface area contributed by atoms with Gasteiger partial charge in [-0.1, -0.05) is 13.8 Å². The SMILES string of the molecule is CCC(C)Sc1c(CNCc2ccncc2)n(C)c(=O)n1C. The summed E-state index contributed by atoms with van der Waals surface area (Å²) >= 11 is 1.77. The summed E-state index contributed by atoms with van der Waals surface area (Å²) in [4.78, 5) is 16.2. The highest BCUT2D eigenvalue weighted by molar-refractivity contribution is 7.99. The highest BCUT2D eigenvalue weighted by Gasteiger charge is 2.17. The Morgan fingerprint density at radius 1 is 1.23 bits per heavy atom. The zero-order valence-corrected chi connectivity index (χ0v) is 14.5. The number of hydrogen-bond donors (Lipinski definition) is 1. The highest BCUT2D eigenvalue weighted by Crippen LogP contribution is 2.27. The fraction of sp³-hybridized carbons (Fsp3) is 0.500. The molecule has 0 aliphatic rings. The van der Waals surface area contributed by atoms with Crippen LogP contribution in [0.25, 0.3) is 0 Å². The molecule has 0 saturated carbocycles. The molecule has 22 heavy (non-hydrogen) atoms. The van der Waals surface area contributed by atoms with Crippen LogP contribution < -0.4 is 11.0 Å². The molecule has 2 heterocycles. The van der Waals surface area contributed by atoms with Crippen LogP contribution in [0.3, 0.4) is 0 Å². The lowest BCUT2D eigenvalue weighted by Crippen LogP contribution is -2.22. The average molecular weight is 320 g/mol. The van der Waals surface area contributed by atoms with Gasteiger partial charge in [0.1, 0.15) is 5.03 Å². The second-order valence-corrected chi connectivity index (χ2v) is 6.88. The summed E-state index contributed by atoms with van der Waals surface area (Å²) in [6, 6.07) is 3.98. The van der Waals surface area contributed by atoms with Crippen LogP contribution in [0.4, 0.5) is 0 Å². The second-order valence-electron chi connectivity index (χ2n) is 5.45. The summed E-state index contributed by atoms with van der Waals surface area (Å²) in [5.41, 5.74) is 2.27. The molecular formula is C16H24N4OS. The number of pyridine rings is 1. The second kappa shape index (κ2) is 7.65. The minimum Gasteiger partial charge on any atom is -0.307 e. The Morgan fingerprint density at radius 3 is 2.55 bits per heavy atom. The van der Waals surface area contributed by atoms with E-state index in [1.54, 1.807) is 33.3 Å². The zero-order valence-electron chi connectivity index (χ0n) is 13.7. The normalized spacial score (nSPS) is 12.5. The maximum absolute atomic E-state index is 12.2. The van der Waals surface area contributed by atoms with E-state index in [-0.39, 0.29) is 5.69 Å². The molecule has 2 rings (SSSR count). The zero-order chi connectivity index (χ0) is 16.1. The lowest BCUT2D eigenvalue weighted by molar-refractivity contribution is 0.640. The molecule has 1 atom stereocenters. The maximum atomic E-state index is 12.2. The minimum absolute atomic E-state index is 0.0338. The fourth-order valence-electron chi connectivity index (χ4n) is 2.21. The van der Waals surface area contributed by atoms with Crippen molar-refractivity contribution >= 4 is 11.8 Å². The highest BCUT2D eigenvalue weighted by atomic mass is 32.2. The Kier molecular flexibility index (Phi) is 5.85. The third-order valence-corrected chi connectivity index (χ3v) is 5.26. The van der Waals surface area contributed by atoms with E-state index in [9.17, 15) is 4.79 Å². The largest absolute Gasteiger partial charge is 0.328 e. The molecule has 0 radical (unpaired) electrons. The maximum Gasteiger partial charge on any atom is 0.328 e. The van der Waals surface area contributed by atoms with E-state index >= 15 is 0 Å². The number of aromatic nitrogens is 3. The van der Waals surface area contributed by atoms with Gasteiger partial charge in [0, 0.05) is 44.8 Å². The number of thioether (sulfide) groups is 1. The lowest BCUT2D eigenvalue weighted by Gasteiger charge is -2.12. The van der Waals surface area contributed by atoms with Crippen molar-refractivity contribution < 1.29 is 0 Å². The Balaban J connectivity index is 2.12. The van der Waals surface area contributed by atoms with Crippen molar-refractivity contribution in [2.45, 2.75) is 43.6 Å². The van der Waals surface area contributed by atoms with Crippen molar-refractivity contribution in [3.05, 3.63) is 46.3 Å². The first-order chi connectivity index (χ1) is 10.5. The van der Waals surface area contributed by atoms with Gasteiger partial charge in [-0.05, 0) is 24.1 Å². The molecule has 2 aromatic heterocycles. The number of rotatable bonds is 7. The summed E-state index contributed by atoms with van der Waals surface area (Å²) in [5, 5.41) is 4.97. The predicted octanol–water partition coefficient (Wildman–Crippen LogP) is 2.30. The van der Waals surface area contributed by atoms with Crippen LogP contribution in [0.2, 0.25) is 0 Å². The summed E-state index contributed by atoms with van der Waals surface area (Å²) in [7, 11) is 3.69. The van der Waals surface area contributed by atoms with Crippen molar-refractivity contribution in [2.75, 3.05) is 0 Å². The van der Waals surface area contributed by atoms with E-state index < -0.39 is 0 Å². The van der Waals surface area contributed by atoms with Gasteiger partial charge in [0.15, 0.2) is 0 Å². The van der Waals surface area contributed by atoms with Gasteiger partial charge in [0.05, 0.1) is 5.69 Å². The van der Waals surface area contributed by atoms with Crippen LogP contribution >= 0.6 is 11.8 Å². The molecular weight excluding hydrogens is 296 g/mol. The number of nitrogens with one attached hydrogen (secondary N) is 1. The quantitative estimate of drug-likeness (QED) is 0.795. The molecule has 0 saturated heterocycles. The van der Waals surface area contributed by atoms with Gasteiger partial charge in [-0.2, -0.15) is 0 Å². The van der Waals surface area contributed by atoms with Gasteiger partial charge in [-0.3, -0.25) is 14.1 Å². The molecule has 6 heteroatoms. The number of imidazole rings is 1. The molecule has 5 nitrogen and oxygen atoms in total. The van der Waals surface area contributed by atoms with Crippen LogP contribution in [0.15, 0.2) is 34.3 Å². The van der Waals surface area contributed by atoms with Crippen LogP contribution in [0, 0.1) is 0 Å². The summed E-state index contributed by atoms with van der Waals surface area (Å²) in [5.74, 6) is 0. The molecule has 0 aliphatic heterocycles. The monoisotopic (exact) mass is 320 g/mol. The third kappa shape index (κ3) is 3.81. The molecule has 0 bridgehead atoms. The topological polar surface area (TPSA) is 51.9 Å². The lowest BCUT2D eigenvalue weighted by atomic mass is 10.3. The predicted molar refractivity (Wildman–Crippen MR) is 91.0 cm³/mol. The van der Waals surface area contributed by atoms with Gasteiger partial charge in [-0.15, -0.1) is 11.8 Å². The molecule has 1 unspecified atom stereocenters. The first-order valence-electron chi connectivity index (χ1n) is 7.55. The molecule has 0 aliphatic carbocycles. The summed E-state index contributed by atoms with van der Waals surface area (Å²) in [6.07, 6.45) is 4.66. The van der Waals surface area contributed by atoms with Crippen LogP contribution in [-0.2, 0) is 27.2 Å². The first-order valence-corrected chi connectivity index (χ1v) is 8.43. The van der Waals surface area contributed by atoms with E-state index in [1.165, 1.54) is 5.56 Å². The minimum atomic E-state index is 0.0338. The van der Waals surface area contributed by atoms with Gasteiger partial charge >= 0.3 is 5.69 Å². The number of nitrogens with zero attached hydrogens (tertiary/aromatic N) is 3. The van der Waals surface area contributed by atoms with E-state index in [0.29, 0.717) is 11.8 Å². The van der Waals surface area contributed by atoms with Crippen LogP contribution in [0.5, 0.6) is 0 Å². The van der Waals surface area contributed by atoms with E-state index in [2.05, 4.69) is 24.1 Å². The van der Waals surface area contributed by atoms with Crippen molar-refractivity contribution in [2.24, 2.45) is 14.1 Å². The van der Waals surface area contributed by atoms with Crippen molar-refractivity contribution in [3.63, 3.8) is 0 Å². The van der Waals surface area contributed by atoms with Gasteiger partial charge < -0.3 is 5.32 Å². The molecule has 120 valence electrons. The first kappa shape index (κ1) is 16.8. The van der Waals surface area contributed by atoms with E-state index in [1.807, 2.05) is 26.2 Å². The van der Waals surface area contributed by atoms with Crippen LogP contribution in [-0.4, -0.2) is 19.4 Å². The van der Waals surface area contributed by atoms with E-state index in [0.717, 1.165) is 23.7 Å². The van der Waals surface area contributed by atoms with Gasteiger partial charge in [-0.25, -0.2) is 4.79 Å². The molecule has 0 aromatic carbocycles. The molecule has 0 amide bonds. The summed E-state index contributed by atoms with van der Waals surface area (Å²) in [6.45, 7) is 5.79. The molecule has 0 spiro atoms. The fourth-order valence-corrected chi connectivity index (χ4v) is 3.33. The third-order valence-electron chi connectivity index (χ3n) is 3.79. The van der Waals surface area contributed by atoms with Gasteiger partial charge in [0.2, 0.25) is 0 Å². The number of hydrogen-bond acceptors (Lipinski definition) is 4. The Labute approximate surface area is 135 Å². The van der Waals surface area contributed by atoms with Crippen molar-refractivity contribution in [1.82, 2.24) is 19.4 Å². The Morgan fingerprint density at radius 2 is 1.91 bits per heavy atom. The van der Waals surface area contributed by atoms with Crippen LogP contribution in [0.1, 0.15) is 31.5 Å². The molecule has 2 aromatic rings. The van der Waals surface area contributed by atoms with E-state index in [4.69, 9.17) is 0 Å². The summed E-state index contributed by atoms with van der Waals surface area (Å²) < 4.78 is 3.49. The molecule has 0 fully saturated rings. The Bertz CT molecular complexity index is 663. The molecule has 1 N–H and O–H groups in total. The van der Waals surface area contributed by atoms with Crippen molar-refractivity contribution in [1.29, 1.82) is 0 Å². The average Bonchev–Trinajstić information content (AvgIpc) is 2.73. The standard InChI is InChI=1S/C16H24N4OS/c1-5-12(2)22-15-14(19(3)16(21)20(15)4)11-18-10-13-6-8-17-9-7-13/h6-9,12,18H,5,10-11H2,1-4H3.